The molecule has 158 valence electrons. The number of aromatic nitrogens is 1. The van der Waals surface area contributed by atoms with Gasteiger partial charge in [0.1, 0.15) is 0 Å². The Morgan fingerprint density at radius 3 is 2.09 bits per heavy atom. The van der Waals surface area contributed by atoms with Crippen LogP contribution >= 0.6 is 15.9 Å². The topological polar surface area (TPSA) is 8.17 Å². The molecule has 0 N–H and O–H groups in total. The van der Waals surface area contributed by atoms with Crippen molar-refractivity contribution in [2.24, 2.45) is 0 Å². The lowest BCUT2D eigenvalue weighted by Crippen LogP contribution is -2.29. The van der Waals surface area contributed by atoms with Gasteiger partial charge in [-0.15, -0.1) is 0 Å². The molecule has 0 bridgehead atoms. The molecule has 1 aromatic heterocycles. The lowest BCUT2D eigenvalue weighted by Gasteiger charge is -2.30. The summed E-state index contributed by atoms with van der Waals surface area (Å²) in [7, 11) is 0. The minimum Gasteiger partial charge on any atom is -0.333 e. The van der Waals surface area contributed by atoms with Crippen LogP contribution in [0, 0.1) is 0 Å². The standard InChI is InChI=1S/C30H21BrN2/c31-20-14-16-29-25(18-20)26-19-22(15-17-30(26)32(29)21-8-2-1-3-9-21)33-27-12-6-4-10-23(27)24-11-5-7-13-28(24)33/h1-19,26,30H. The minimum atomic E-state index is 0.258. The number of halogens is 1. The van der Waals surface area contributed by atoms with E-state index in [0.29, 0.717) is 0 Å². The molecule has 2 aliphatic rings. The van der Waals surface area contributed by atoms with Crippen LogP contribution < -0.4 is 4.90 Å². The van der Waals surface area contributed by atoms with Crippen molar-refractivity contribution >= 4 is 54.8 Å². The molecule has 0 saturated heterocycles. The van der Waals surface area contributed by atoms with Crippen LogP contribution in [-0.4, -0.2) is 10.6 Å². The maximum atomic E-state index is 3.71. The van der Waals surface area contributed by atoms with E-state index < -0.39 is 0 Å². The van der Waals surface area contributed by atoms with Crippen LogP contribution in [0.15, 0.2) is 120 Å². The van der Waals surface area contributed by atoms with E-state index in [2.05, 4.69) is 141 Å². The fourth-order valence-corrected chi connectivity index (χ4v) is 5.98. The fraction of sp³-hybridized carbons (Fsp3) is 0.0667. The van der Waals surface area contributed by atoms with Crippen molar-refractivity contribution in [2.75, 3.05) is 4.90 Å². The molecule has 4 aromatic carbocycles. The Morgan fingerprint density at radius 1 is 0.697 bits per heavy atom. The summed E-state index contributed by atoms with van der Waals surface area (Å²) in [6.07, 6.45) is 7.14. The van der Waals surface area contributed by atoms with E-state index in [4.69, 9.17) is 0 Å². The smallest absolute Gasteiger partial charge is 0.0631 e. The number of hydrogen-bond donors (Lipinski definition) is 0. The molecule has 2 atom stereocenters. The molecular weight excluding hydrogens is 468 g/mol. The maximum Gasteiger partial charge on any atom is 0.0631 e. The molecule has 2 unspecified atom stereocenters. The third-order valence-corrected chi connectivity index (χ3v) is 7.45. The Bertz CT molecular complexity index is 1540. The van der Waals surface area contributed by atoms with E-state index in [9.17, 15) is 0 Å². The zero-order valence-electron chi connectivity index (χ0n) is 17.9. The zero-order chi connectivity index (χ0) is 21.9. The second-order valence-electron chi connectivity index (χ2n) is 8.75. The van der Waals surface area contributed by atoms with Gasteiger partial charge in [-0.05, 0) is 54.1 Å². The van der Waals surface area contributed by atoms with Gasteiger partial charge in [0.15, 0.2) is 0 Å². The normalized spacial score (nSPS) is 19.1. The lowest BCUT2D eigenvalue weighted by atomic mass is 9.90. The average Bonchev–Trinajstić information content (AvgIpc) is 3.37. The number of fused-ring (bicyclic) bond motifs is 6. The highest BCUT2D eigenvalue weighted by Crippen LogP contribution is 2.49. The summed E-state index contributed by atoms with van der Waals surface area (Å²) in [5, 5.41) is 2.59. The Morgan fingerprint density at radius 2 is 1.36 bits per heavy atom. The number of nitrogens with zero attached hydrogens (tertiary/aromatic N) is 2. The minimum absolute atomic E-state index is 0.258. The van der Waals surface area contributed by atoms with Crippen LogP contribution in [0.25, 0.3) is 27.5 Å². The Kier molecular flexibility index (Phi) is 4.15. The van der Waals surface area contributed by atoms with Crippen LogP contribution in [-0.2, 0) is 0 Å². The number of allylic oxidation sites excluding steroid dienone is 2. The summed E-state index contributed by atoms with van der Waals surface area (Å²) in [5.41, 5.74) is 7.60. The first-order valence-electron chi connectivity index (χ1n) is 11.3. The molecule has 0 radical (unpaired) electrons. The van der Waals surface area contributed by atoms with Gasteiger partial charge in [0.2, 0.25) is 0 Å². The predicted octanol–water partition coefficient (Wildman–Crippen LogP) is 8.27. The highest BCUT2D eigenvalue weighted by Gasteiger charge is 2.38. The molecule has 1 aliphatic heterocycles. The van der Waals surface area contributed by atoms with Crippen LogP contribution in [0.5, 0.6) is 0 Å². The summed E-state index contributed by atoms with van der Waals surface area (Å²) in [5.74, 6) is 0.276. The van der Waals surface area contributed by atoms with E-state index in [1.165, 1.54) is 44.4 Å². The van der Waals surface area contributed by atoms with Crippen LogP contribution in [0.4, 0.5) is 11.4 Å². The third kappa shape index (κ3) is 2.79. The highest BCUT2D eigenvalue weighted by atomic mass is 79.9. The molecule has 0 spiro atoms. The molecule has 3 heteroatoms. The molecule has 33 heavy (non-hydrogen) atoms. The van der Waals surface area contributed by atoms with Crippen molar-refractivity contribution in [2.45, 2.75) is 12.0 Å². The van der Waals surface area contributed by atoms with Gasteiger partial charge in [-0.3, -0.25) is 0 Å². The molecule has 5 aromatic rings. The summed E-state index contributed by atoms with van der Waals surface area (Å²) in [6, 6.07) is 35.1. The Balaban J connectivity index is 1.44. The number of hydrogen-bond acceptors (Lipinski definition) is 1. The van der Waals surface area contributed by atoms with Gasteiger partial charge in [-0.25, -0.2) is 0 Å². The number of anilines is 2. The van der Waals surface area contributed by atoms with Gasteiger partial charge in [-0.2, -0.15) is 0 Å². The fourth-order valence-electron chi connectivity index (χ4n) is 5.60. The van der Waals surface area contributed by atoms with Gasteiger partial charge in [-0.1, -0.05) is 82.7 Å². The molecule has 2 nitrogen and oxygen atoms in total. The van der Waals surface area contributed by atoms with Crippen molar-refractivity contribution in [3.63, 3.8) is 0 Å². The van der Waals surface area contributed by atoms with Gasteiger partial charge >= 0.3 is 0 Å². The van der Waals surface area contributed by atoms with E-state index in [1.807, 2.05) is 0 Å². The molecule has 7 rings (SSSR count). The van der Waals surface area contributed by atoms with Crippen molar-refractivity contribution in [3.05, 3.63) is 125 Å². The van der Waals surface area contributed by atoms with Crippen LogP contribution in [0.3, 0.4) is 0 Å². The van der Waals surface area contributed by atoms with Crippen molar-refractivity contribution in [3.8, 4) is 0 Å². The van der Waals surface area contributed by atoms with Gasteiger partial charge in [0.05, 0.1) is 17.1 Å². The van der Waals surface area contributed by atoms with E-state index in [-0.39, 0.29) is 12.0 Å². The highest BCUT2D eigenvalue weighted by molar-refractivity contribution is 9.10. The zero-order valence-corrected chi connectivity index (χ0v) is 19.5. The van der Waals surface area contributed by atoms with Crippen LogP contribution in [0.1, 0.15) is 11.5 Å². The molecule has 2 heterocycles. The van der Waals surface area contributed by atoms with E-state index >= 15 is 0 Å². The average molecular weight is 489 g/mol. The second kappa shape index (κ2) is 7.23. The lowest BCUT2D eigenvalue weighted by molar-refractivity contribution is 0.743. The molecule has 1 aliphatic carbocycles. The molecule has 0 fully saturated rings. The van der Waals surface area contributed by atoms with Crippen molar-refractivity contribution in [1.29, 1.82) is 0 Å². The quantitative estimate of drug-likeness (QED) is 0.242. The third-order valence-electron chi connectivity index (χ3n) is 6.96. The Labute approximate surface area is 201 Å². The van der Waals surface area contributed by atoms with E-state index in [1.54, 1.807) is 0 Å². The summed E-state index contributed by atoms with van der Waals surface area (Å²) in [6.45, 7) is 0. The maximum absolute atomic E-state index is 3.71. The van der Waals surface area contributed by atoms with Gasteiger partial charge < -0.3 is 9.47 Å². The van der Waals surface area contributed by atoms with Crippen LogP contribution in [0.2, 0.25) is 0 Å². The first-order valence-corrected chi connectivity index (χ1v) is 12.1. The molecule has 0 saturated carbocycles. The van der Waals surface area contributed by atoms with Gasteiger partial charge in [0, 0.05) is 38.2 Å². The van der Waals surface area contributed by atoms with Crippen molar-refractivity contribution < 1.29 is 0 Å². The predicted molar refractivity (Wildman–Crippen MR) is 142 cm³/mol. The summed E-state index contributed by atoms with van der Waals surface area (Å²) >= 11 is 3.71. The largest absolute Gasteiger partial charge is 0.333 e. The van der Waals surface area contributed by atoms with Gasteiger partial charge in [0.25, 0.3) is 0 Å². The first kappa shape index (κ1) is 19.0. The number of benzene rings is 4. The van der Waals surface area contributed by atoms with E-state index in [0.717, 1.165) is 4.47 Å². The molecular formula is C30H21BrN2. The number of para-hydroxylation sites is 3. The summed E-state index contributed by atoms with van der Waals surface area (Å²) in [4.78, 5) is 2.47. The molecule has 0 amide bonds. The Hall–Kier alpha value is -3.56. The van der Waals surface area contributed by atoms with Crippen molar-refractivity contribution in [1.82, 2.24) is 4.57 Å². The summed E-state index contributed by atoms with van der Waals surface area (Å²) < 4.78 is 3.54. The SMILES string of the molecule is Brc1ccc2c(c1)C1C=C(n3c4ccccc4c4ccccc43)C=CC1N2c1ccccc1. The first-order chi connectivity index (χ1) is 16.3. The monoisotopic (exact) mass is 488 g/mol. The second-order valence-corrected chi connectivity index (χ2v) is 9.66. The number of rotatable bonds is 2.